The van der Waals surface area contributed by atoms with Crippen LogP contribution in [0.25, 0.3) is 0 Å². The molecule has 2 aromatic rings. The molecule has 1 fully saturated rings. The molecule has 0 saturated carbocycles. The van der Waals surface area contributed by atoms with Crippen molar-refractivity contribution in [2.24, 2.45) is 0 Å². The largest absolute Gasteiger partial charge is 0.350 e. The first kappa shape index (κ1) is 11.5. The van der Waals surface area contributed by atoms with Crippen molar-refractivity contribution in [1.82, 2.24) is 5.32 Å². The fourth-order valence-electron chi connectivity index (χ4n) is 2.44. The minimum absolute atomic E-state index is 0.00796. The van der Waals surface area contributed by atoms with Crippen molar-refractivity contribution < 1.29 is 4.74 Å². The lowest BCUT2D eigenvalue weighted by Gasteiger charge is -2.14. The molecule has 1 saturated heterocycles. The molecule has 1 aliphatic rings. The normalized spacial score (nSPS) is 27.3. The van der Waals surface area contributed by atoms with Crippen LogP contribution in [-0.2, 0) is 4.74 Å². The topological polar surface area (TPSA) is 21.3 Å². The van der Waals surface area contributed by atoms with Crippen molar-refractivity contribution in [3.63, 3.8) is 0 Å². The minimum atomic E-state index is -0.00796. The smallest absolute Gasteiger partial charge is 0.135 e. The maximum Gasteiger partial charge on any atom is 0.135 e. The summed E-state index contributed by atoms with van der Waals surface area (Å²) in [7, 11) is 0. The molecular formula is C16H17NO. The molecule has 0 radical (unpaired) electrons. The van der Waals surface area contributed by atoms with Gasteiger partial charge in [0, 0.05) is 6.04 Å². The highest BCUT2D eigenvalue weighted by molar-refractivity contribution is 5.23. The van der Waals surface area contributed by atoms with Gasteiger partial charge in [0.1, 0.15) is 12.3 Å². The molecule has 1 aliphatic heterocycles. The van der Waals surface area contributed by atoms with E-state index in [-0.39, 0.29) is 12.3 Å². The summed E-state index contributed by atoms with van der Waals surface area (Å²) in [5.41, 5.74) is 2.42. The average Bonchev–Trinajstić information content (AvgIpc) is 2.83. The minimum Gasteiger partial charge on any atom is -0.350 e. The summed E-state index contributed by atoms with van der Waals surface area (Å²) in [4.78, 5) is 0. The molecule has 0 aliphatic carbocycles. The molecule has 18 heavy (non-hydrogen) atoms. The van der Waals surface area contributed by atoms with E-state index in [1.165, 1.54) is 11.1 Å². The Labute approximate surface area is 108 Å². The van der Waals surface area contributed by atoms with Crippen LogP contribution >= 0.6 is 0 Å². The Morgan fingerprint density at radius 1 is 0.833 bits per heavy atom. The first-order chi connectivity index (χ1) is 8.84. The third-order valence-electron chi connectivity index (χ3n) is 3.38. The van der Waals surface area contributed by atoms with Gasteiger partial charge in [-0.2, -0.15) is 0 Å². The number of hydrogen-bond acceptors (Lipinski definition) is 2. The Kier molecular flexibility index (Phi) is 3.13. The number of rotatable bonds is 2. The van der Waals surface area contributed by atoms with Gasteiger partial charge < -0.3 is 4.74 Å². The van der Waals surface area contributed by atoms with E-state index >= 15 is 0 Å². The summed E-state index contributed by atoms with van der Waals surface area (Å²) in [5.74, 6) is 0. The maximum atomic E-state index is 6.13. The number of benzene rings is 2. The monoisotopic (exact) mass is 239 g/mol. The first-order valence-corrected chi connectivity index (χ1v) is 6.36. The molecule has 0 unspecified atom stereocenters. The van der Waals surface area contributed by atoms with Crippen molar-refractivity contribution in [2.75, 3.05) is 0 Å². The van der Waals surface area contributed by atoms with Crippen LogP contribution in [0.5, 0.6) is 0 Å². The van der Waals surface area contributed by atoms with Gasteiger partial charge in [0.05, 0.1) is 0 Å². The molecule has 3 atom stereocenters. The maximum absolute atomic E-state index is 6.13. The third-order valence-corrected chi connectivity index (χ3v) is 3.38. The van der Waals surface area contributed by atoms with Gasteiger partial charge in [-0.15, -0.1) is 0 Å². The highest BCUT2D eigenvalue weighted by Gasteiger charge is 2.32. The van der Waals surface area contributed by atoms with E-state index in [0.717, 1.165) is 0 Å². The van der Waals surface area contributed by atoms with Crippen molar-refractivity contribution in [3.8, 4) is 0 Å². The van der Waals surface area contributed by atoms with Crippen molar-refractivity contribution >= 4 is 0 Å². The van der Waals surface area contributed by atoms with Gasteiger partial charge in [-0.05, 0) is 18.1 Å². The standard InChI is InChI=1S/C16H17NO/c1-12-15(13-8-4-2-5-9-13)18-16(17-12)14-10-6-3-7-11-14/h2-12,15-17H,1H3/t12-,15+,16-/m1/s1. The zero-order valence-corrected chi connectivity index (χ0v) is 10.4. The first-order valence-electron chi connectivity index (χ1n) is 6.36. The SMILES string of the molecule is C[C@H]1N[C@@H](c2ccccc2)O[C@@H]1c1ccccc1. The van der Waals surface area contributed by atoms with E-state index in [1.807, 2.05) is 24.3 Å². The Bertz CT molecular complexity index is 497. The lowest BCUT2D eigenvalue weighted by Crippen LogP contribution is -2.23. The quantitative estimate of drug-likeness (QED) is 0.866. The fraction of sp³-hybridized carbons (Fsp3) is 0.250. The lowest BCUT2D eigenvalue weighted by atomic mass is 10.0. The van der Waals surface area contributed by atoms with Crippen LogP contribution in [0.15, 0.2) is 60.7 Å². The number of nitrogens with one attached hydrogen (secondary N) is 1. The van der Waals surface area contributed by atoms with E-state index in [0.29, 0.717) is 6.04 Å². The van der Waals surface area contributed by atoms with Crippen LogP contribution in [0, 0.1) is 0 Å². The zero-order valence-electron chi connectivity index (χ0n) is 10.4. The van der Waals surface area contributed by atoms with Crippen molar-refractivity contribution in [1.29, 1.82) is 0 Å². The summed E-state index contributed by atoms with van der Waals surface area (Å²) < 4.78 is 6.13. The van der Waals surface area contributed by atoms with E-state index < -0.39 is 0 Å². The second-order valence-electron chi connectivity index (χ2n) is 4.71. The predicted octanol–water partition coefficient (Wildman–Crippen LogP) is 3.43. The zero-order chi connectivity index (χ0) is 12.4. The van der Waals surface area contributed by atoms with E-state index in [2.05, 4.69) is 48.6 Å². The Morgan fingerprint density at radius 2 is 1.39 bits per heavy atom. The molecule has 0 spiro atoms. The Balaban J connectivity index is 1.81. The summed E-state index contributed by atoms with van der Waals surface area (Å²) in [6, 6.07) is 21.0. The van der Waals surface area contributed by atoms with Gasteiger partial charge in [-0.3, -0.25) is 5.32 Å². The molecule has 2 nitrogen and oxygen atoms in total. The molecule has 2 heteroatoms. The van der Waals surface area contributed by atoms with Crippen LogP contribution in [0.2, 0.25) is 0 Å². The Morgan fingerprint density at radius 3 is 2.00 bits per heavy atom. The molecule has 1 heterocycles. The van der Waals surface area contributed by atoms with Gasteiger partial charge in [0.25, 0.3) is 0 Å². The van der Waals surface area contributed by atoms with E-state index in [1.54, 1.807) is 0 Å². The highest BCUT2D eigenvalue weighted by atomic mass is 16.5. The number of ether oxygens (including phenoxy) is 1. The van der Waals surface area contributed by atoms with Gasteiger partial charge in [-0.25, -0.2) is 0 Å². The van der Waals surface area contributed by atoms with Gasteiger partial charge in [0.2, 0.25) is 0 Å². The molecule has 1 N–H and O–H groups in total. The van der Waals surface area contributed by atoms with Crippen molar-refractivity contribution in [3.05, 3.63) is 71.8 Å². The fourth-order valence-corrected chi connectivity index (χ4v) is 2.44. The van der Waals surface area contributed by atoms with Gasteiger partial charge in [0.15, 0.2) is 0 Å². The third kappa shape index (κ3) is 2.17. The molecule has 0 amide bonds. The molecule has 2 aromatic carbocycles. The van der Waals surface area contributed by atoms with E-state index in [4.69, 9.17) is 4.74 Å². The molecular weight excluding hydrogens is 222 g/mol. The van der Waals surface area contributed by atoms with Crippen LogP contribution in [0.4, 0.5) is 0 Å². The molecule has 3 rings (SSSR count). The van der Waals surface area contributed by atoms with Crippen LogP contribution in [0.3, 0.4) is 0 Å². The Hall–Kier alpha value is -1.64. The van der Waals surface area contributed by atoms with Crippen LogP contribution < -0.4 is 5.32 Å². The summed E-state index contributed by atoms with van der Waals surface area (Å²) >= 11 is 0. The second kappa shape index (κ2) is 4.92. The summed E-state index contributed by atoms with van der Waals surface area (Å²) in [6.07, 6.45) is 0.114. The van der Waals surface area contributed by atoms with Gasteiger partial charge in [-0.1, -0.05) is 60.7 Å². The lowest BCUT2D eigenvalue weighted by molar-refractivity contribution is 0.0363. The summed E-state index contributed by atoms with van der Waals surface area (Å²) in [6.45, 7) is 2.17. The van der Waals surface area contributed by atoms with Gasteiger partial charge >= 0.3 is 0 Å². The highest BCUT2D eigenvalue weighted by Crippen LogP contribution is 2.34. The van der Waals surface area contributed by atoms with Crippen LogP contribution in [0.1, 0.15) is 30.4 Å². The molecule has 0 bridgehead atoms. The average molecular weight is 239 g/mol. The number of hydrogen-bond donors (Lipinski definition) is 1. The van der Waals surface area contributed by atoms with E-state index in [9.17, 15) is 0 Å². The second-order valence-corrected chi connectivity index (χ2v) is 4.71. The van der Waals surface area contributed by atoms with Crippen molar-refractivity contribution in [2.45, 2.75) is 25.3 Å². The predicted molar refractivity (Wildman–Crippen MR) is 72.0 cm³/mol. The summed E-state index contributed by atoms with van der Waals surface area (Å²) in [5, 5.41) is 3.50. The van der Waals surface area contributed by atoms with Crippen LogP contribution in [-0.4, -0.2) is 6.04 Å². The molecule has 92 valence electrons. The molecule has 0 aromatic heterocycles.